The first-order valence-corrected chi connectivity index (χ1v) is 6.57. The topological polar surface area (TPSA) is 82.9 Å². The highest BCUT2D eigenvalue weighted by Gasteiger charge is 2.32. The lowest BCUT2D eigenvalue weighted by Gasteiger charge is -2.15. The molecule has 19 heavy (non-hydrogen) atoms. The molecule has 5 nitrogen and oxygen atoms in total. The summed E-state index contributed by atoms with van der Waals surface area (Å²) in [5, 5.41) is 8.50. The molecule has 0 aromatic carbocycles. The van der Waals surface area contributed by atoms with Gasteiger partial charge in [-0.1, -0.05) is 0 Å². The molecule has 1 N–H and O–H groups in total. The number of rotatable bonds is 4. The first-order valence-electron chi connectivity index (χ1n) is 5.09. The normalized spacial score (nSPS) is 13.8. The lowest BCUT2D eigenvalue weighted by atomic mass is 10.2. The standard InChI is InChI=1S/C10H10F3N3O2S/c1-7(4-10(11,12)13)16-19(17,18)9-3-2-8(5-14)15-6-9/h2-3,6-7,16H,4H2,1H3. The molecule has 0 aliphatic rings. The maximum absolute atomic E-state index is 12.1. The molecule has 1 aromatic heterocycles. The van der Waals surface area contributed by atoms with E-state index in [2.05, 4.69) is 4.98 Å². The van der Waals surface area contributed by atoms with Crippen molar-refractivity contribution in [2.24, 2.45) is 0 Å². The van der Waals surface area contributed by atoms with Gasteiger partial charge >= 0.3 is 6.18 Å². The maximum atomic E-state index is 12.1. The molecular weight excluding hydrogens is 283 g/mol. The Hall–Kier alpha value is -1.66. The number of aromatic nitrogens is 1. The van der Waals surface area contributed by atoms with Gasteiger partial charge in [0.05, 0.1) is 6.42 Å². The van der Waals surface area contributed by atoms with Gasteiger partial charge in [-0.05, 0) is 19.1 Å². The minimum Gasteiger partial charge on any atom is -0.244 e. The van der Waals surface area contributed by atoms with Crippen LogP contribution in [0.3, 0.4) is 0 Å². The molecule has 1 unspecified atom stereocenters. The lowest BCUT2D eigenvalue weighted by Crippen LogP contribution is -2.35. The Bertz CT molecular complexity index is 576. The fraction of sp³-hybridized carbons (Fsp3) is 0.400. The average molecular weight is 293 g/mol. The Morgan fingerprint density at radius 1 is 1.47 bits per heavy atom. The number of hydrogen-bond acceptors (Lipinski definition) is 4. The summed E-state index contributed by atoms with van der Waals surface area (Å²) < 4.78 is 61.6. The van der Waals surface area contributed by atoms with Crippen LogP contribution in [-0.2, 0) is 10.0 Å². The second kappa shape index (κ2) is 5.54. The van der Waals surface area contributed by atoms with Crippen molar-refractivity contribution in [3.05, 3.63) is 24.0 Å². The molecule has 0 radical (unpaired) electrons. The zero-order valence-corrected chi connectivity index (χ0v) is 10.6. The van der Waals surface area contributed by atoms with Gasteiger partial charge < -0.3 is 0 Å². The Morgan fingerprint density at radius 3 is 2.53 bits per heavy atom. The molecule has 0 aliphatic carbocycles. The maximum Gasteiger partial charge on any atom is 0.390 e. The molecule has 0 amide bonds. The smallest absolute Gasteiger partial charge is 0.244 e. The van der Waals surface area contributed by atoms with E-state index in [4.69, 9.17) is 5.26 Å². The second-order valence-corrected chi connectivity index (χ2v) is 5.55. The van der Waals surface area contributed by atoms with Gasteiger partial charge in [0.1, 0.15) is 16.7 Å². The van der Waals surface area contributed by atoms with Crippen LogP contribution >= 0.6 is 0 Å². The Balaban J connectivity index is 2.84. The van der Waals surface area contributed by atoms with E-state index >= 15 is 0 Å². The van der Waals surface area contributed by atoms with Crippen molar-refractivity contribution in [1.82, 2.24) is 9.71 Å². The number of nitrogens with one attached hydrogen (secondary N) is 1. The predicted octanol–water partition coefficient (Wildman–Crippen LogP) is 1.57. The summed E-state index contributed by atoms with van der Waals surface area (Å²) in [6.07, 6.45) is -4.80. The summed E-state index contributed by atoms with van der Waals surface area (Å²) in [5.41, 5.74) is 0.0160. The zero-order chi connectivity index (χ0) is 14.7. The summed E-state index contributed by atoms with van der Waals surface area (Å²) in [6.45, 7) is 1.11. The molecule has 1 atom stereocenters. The van der Waals surface area contributed by atoms with Crippen molar-refractivity contribution in [3.63, 3.8) is 0 Å². The highest BCUT2D eigenvalue weighted by molar-refractivity contribution is 7.89. The summed E-state index contributed by atoms with van der Waals surface area (Å²) in [6, 6.07) is 2.69. The van der Waals surface area contributed by atoms with Crippen LogP contribution in [0.25, 0.3) is 0 Å². The van der Waals surface area contributed by atoms with E-state index in [1.165, 1.54) is 6.07 Å². The molecule has 1 heterocycles. The van der Waals surface area contributed by atoms with Crippen molar-refractivity contribution in [2.45, 2.75) is 30.5 Å². The lowest BCUT2D eigenvalue weighted by molar-refractivity contribution is -0.137. The van der Waals surface area contributed by atoms with E-state index in [0.29, 0.717) is 0 Å². The van der Waals surface area contributed by atoms with Gasteiger partial charge in [-0.3, -0.25) is 0 Å². The second-order valence-electron chi connectivity index (χ2n) is 3.83. The van der Waals surface area contributed by atoms with Crippen LogP contribution in [0.1, 0.15) is 19.0 Å². The Labute approximate surface area is 108 Å². The van der Waals surface area contributed by atoms with Gasteiger partial charge in [0.2, 0.25) is 10.0 Å². The van der Waals surface area contributed by atoms with Crippen molar-refractivity contribution >= 4 is 10.0 Å². The van der Waals surface area contributed by atoms with Crippen LogP contribution in [0.2, 0.25) is 0 Å². The van der Waals surface area contributed by atoms with Gasteiger partial charge in [0.25, 0.3) is 0 Å². The van der Waals surface area contributed by atoms with Crippen LogP contribution in [0.4, 0.5) is 13.2 Å². The van der Waals surface area contributed by atoms with Gasteiger partial charge in [0, 0.05) is 12.2 Å². The number of sulfonamides is 1. The summed E-state index contributed by atoms with van der Waals surface area (Å²) in [7, 11) is -4.08. The number of alkyl halides is 3. The SMILES string of the molecule is CC(CC(F)(F)F)NS(=O)(=O)c1ccc(C#N)nc1. The van der Waals surface area contributed by atoms with Crippen molar-refractivity contribution < 1.29 is 21.6 Å². The molecule has 0 saturated heterocycles. The summed E-state index contributed by atoms with van der Waals surface area (Å²) >= 11 is 0. The molecule has 0 bridgehead atoms. The van der Waals surface area contributed by atoms with Crippen molar-refractivity contribution in [3.8, 4) is 6.07 Å². The number of nitrogens with zero attached hydrogens (tertiary/aromatic N) is 2. The minimum absolute atomic E-state index is 0.0160. The van der Waals surface area contributed by atoms with E-state index in [9.17, 15) is 21.6 Å². The highest BCUT2D eigenvalue weighted by Crippen LogP contribution is 2.22. The molecule has 0 saturated carbocycles. The molecule has 0 aliphatic heterocycles. The van der Waals surface area contributed by atoms with E-state index < -0.39 is 28.7 Å². The number of nitriles is 1. The van der Waals surface area contributed by atoms with Gasteiger partial charge in [-0.25, -0.2) is 18.1 Å². The van der Waals surface area contributed by atoms with Crippen LogP contribution in [-0.4, -0.2) is 25.6 Å². The Morgan fingerprint density at radius 2 is 2.11 bits per heavy atom. The molecule has 104 valence electrons. The van der Waals surface area contributed by atoms with Gasteiger partial charge in [-0.15, -0.1) is 0 Å². The average Bonchev–Trinajstić information content (AvgIpc) is 2.25. The Kier molecular flexibility index (Phi) is 4.49. The molecule has 0 fully saturated rings. The number of hydrogen-bond donors (Lipinski definition) is 1. The fourth-order valence-corrected chi connectivity index (χ4v) is 2.51. The molecule has 1 rings (SSSR count). The predicted molar refractivity (Wildman–Crippen MR) is 59.4 cm³/mol. The minimum atomic E-state index is -4.45. The third-order valence-corrected chi connectivity index (χ3v) is 3.63. The molecule has 9 heteroatoms. The van der Waals surface area contributed by atoms with E-state index in [-0.39, 0.29) is 10.6 Å². The number of pyridine rings is 1. The summed E-state index contributed by atoms with van der Waals surface area (Å²) in [5.74, 6) is 0. The summed E-state index contributed by atoms with van der Waals surface area (Å²) in [4.78, 5) is 3.25. The quantitative estimate of drug-likeness (QED) is 0.913. The molecule has 1 aromatic rings. The third-order valence-electron chi connectivity index (χ3n) is 2.06. The van der Waals surface area contributed by atoms with Crippen LogP contribution in [0.5, 0.6) is 0 Å². The third kappa shape index (κ3) is 4.84. The van der Waals surface area contributed by atoms with Crippen LogP contribution < -0.4 is 4.72 Å². The van der Waals surface area contributed by atoms with E-state index in [1.54, 1.807) is 6.07 Å². The van der Waals surface area contributed by atoms with Crippen LogP contribution in [0, 0.1) is 11.3 Å². The number of halogens is 3. The zero-order valence-electron chi connectivity index (χ0n) is 9.77. The first kappa shape index (κ1) is 15.4. The fourth-order valence-electron chi connectivity index (χ4n) is 1.33. The van der Waals surface area contributed by atoms with Gasteiger partial charge in [-0.2, -0.15) is 18.4 Å². The molecule has 0 spiro atoms. The van der Waals surface area contributed by atoms with Crippen LogP contribution in [0.15, 0.2) is 23.2 Å². The van der Waals surface area contributed by atoms with E-state index in [1.807, 2.05) is 4.72 Å². The molecular formula is C10H10F3N3O2S. The van der Waals surface area contributed by atoms with E-state index in [0.717, 1.165) is 19.2 Å². The monoisotopic (exact) mass is 293 g/mol. The van der Waals surface area contributed by atoms with Crippen molar-refractivity contribution in [2.75, 3.05) is 0 Å². The van der Waals surface area contributed by atoms with Gasteiger partial charge in [0.15, 0.2) is 0 Å². The highest BCUT2D eigenvalue weighted by atomic mass is 32.2. The van der Waals surface area contributed by atoms with Crippen molar-refractivity contribution in [1.29, 1.82) is 5.26 Å². The first-order chi connectivity index (χ1) is 8.64. The largest absolute Gasteiger partial charge is 0.390 e.